The molecule has 0 N–H and O–H groups in total. The van der Waals surface area contributed by atoms with E-state index in [2.05, 4.69) is 21.2 Å². The molecule has 0 radical (unpaired) electrons. The van der Waals surface area contributed by atoms with Crippen LogP contribution in [-0.2, 0) is 14.6 Å². The van der Waals surface area contributed by atoms with Gasteiger partial charge in [-0.1, -0.05) is 25.0 Å². The summed E-state index contributed by atoms with van der Waals surface area (Å²) in [6, 6.07) is 14.0. The van der Waals surface area contributed by atoms with Gasteiger partial charge in [-0.25, -0.2) is 13.1 Å². The summed E-state index contributed by atoms with van der Waals surface area (Å²) in [5.74, 6) is 1.23. The largest absolute Gasteiger partial charge is 0.480 e. The number of rotatable bonds is 8. The average molecular weight is 575 g/mol. The van der Waals surface area contributed by atoms with E-state index in [1.807, 2.05) is 30.5 Å². The molecule has 3 fully saturated rings. The Labute approximate surface area is 240 Å². The quantitative estimate of drug-likeness (QED) is 0.390. The number of benzene rings is 1. The van der Waals surface area contributed by atoms with Gasteiger partial charge in [0.15, 0.2) is 15.7 Å². The molecule has 2 saturated carbocycles. The minimum Gasteiger partial charge on any atom is -0.480 e. The summed E-state index contributed by atoms with van der Waals surface area (Å²) in [6.45, 7) is 0.966. The minimum atomic E-state index is -2.96. The van der Waals surface area contributed by atoms with Gasteiger partial charge in [0.2, 0.25) is 5.88 Å². The molecule has 6 rings (SSSR count). The number of sulfone groups is 1. The van der Waals surface area contributed by atoms with Gasteiger partial charge in [0, 0.05) is 54.9 Å². The standard InChI is InChI=1S/C30H34N6O4S/c1-40-28-11-10-27(32-33-28)36-19-25(21-6-8-22(9-7-21)35-14-16-41(38,39)17-15-35)29(34-36)24-5-3-2-4-23(24)26(37)18-30(20-31)12-13-30/h6-11,19,23-24H,2-5,12-18H2,1H3/t23-,24-/m1/s1. The van der Waals surface area contributed by atoms with Crippen LogP contribution in [0.15, 0.2) is 42.6 Å². The Morgan fingerprint density at radius 2 is 1.80 bits per heavy atom. The Hall–Kier alpha value is -3.78. The van der Waals surface area contributed by atoms with Gasteiger partial charge in [-0.05, 0) is 49.4 Å². The van der Waals surface area contributed by atoms with Gasteiger partial charge in [-0.2, -0.15) is 10.4 Å². The van der Waals surface area contributed by atoms with E-state index in [9.17, 15) is 18.5 Å². The molecule has 2 atom stereocenters. The number of aromatic nitrogens is 4. The lowest BCUT2D eigenvalue weighted by molar-refractivity contribution is -0.125. The summed E-state index contributed by atoms with van der Waals surface area (Å²) in [5.41, 5.74) is 3.27. The van der Waals surface area contributed by atoms with Gasteiger partial charge < -0.3 is 9.64 Å². The van der Waals surface area contributed by atoms with E-state index in [0.717, 1.165) is 61.0 Å². The van der Waals surface area contributed by atoms with Crippen LogP contribution in [0.2, 0.25) is 0 Å². The zero-order chi connectivity index (χ0) is 28.6. The van der Waals surface area contributed by atoms with Crippen LogP contribution in [0, 0.1) is 22.7 Å². The molecule has 3 heterocycles. The SMILES string of the molecule is COc1ccc(-n2cc(-c3ccc(N4CCS(=O)(=O)CC4)cc3)c([C@@H]3CCCC[C@H]3C(=O)CC3(C#N)CC3)n2)nn1. The number of nitriles is 1. The third-order valence-electron chi connectivity index (χ3n) is 8.83. The zero-order valence-electron chi connectivity index (χ0n) is 23.2. The predicted octanol–water partition coefficient (Wildman–Crippen LogP) is 4.11. The molecule has 1 aliphatic heterocycles. The predicted molar refractivity (Wildman–Crippen MR) is 154 cm³/mol. The Morgan fingerprint density at radius 1 is 1.07 bits per heavy atom. The van der Waals surface area contributed by atoms with Gasteiger partial charge in [0.25, 0.3) is 0 Å². The van der Waals surface area contributed by atoms with Crippen molar-refractivity contribution in [3.8, 4) is 28.9 Å². The highest BCUT2D eigenvalue weighted by Crippen LogP contribution is 2.51. The lowest BCUT2D eigenvalue weighted by Gasteiger charge is -2.31. The summed E-state index contributed by atoms with van der Waals surface area (Å²) >= 11 is 0. The van der Waals surface area contributed by atoms with Crippen LogP contribution in [0.5, 0.6) is 5.88 Å². The lowest BCUT2D eigenvalue weighted by Crippen LogP contribution is -2.40. The molecule has 1 saturated heterocycles. The molecule has 10 nitrogen and oxygen atoms in total. The van der Waals surface area contributed by atoms with Crippen molar-refractivity contribution in [2.75, 3.05) is 36.6 Å². The Bertz CT molecular complexity index is 1560. The topological polar surface area (TPSA) is 131 Å². The minimum absolute atomic E-state index is 0.0554. The number of carbonyl (C=O) groups excluding carboxylic acids is 1. The van der Waals surface area contributed by atoms with Crippen molar-refractivity contribution in [3.05, 3.63) is 48.3 Å². The third kappa shape index (κ3) is 5.71. The van der Waals surface area contributed by atoms with Crippen molar-refractivity contribution >= 4 is 21.3 Å². The molecule has 0 amide bonds. The number of hydrogen-bond acceptors (Lipinski definition) is 9. The molecule has 1 aromatic carbocycles. The van der Waals surface area contributed by atoms with E-state index in [4.69, 9.17) is 9.84 Å². The van der Waals surface area contributed by atoms with E-state index in [1.165, 1.54) is 0 Å². The molecule has 41 heavy (non-hydrogen) atoms. The Morgan fingerprint density at radius 3 is 2.44 bits per heavy atom. The van der Waals surface area contributed by atoms with E-state index in [-0.39, 0.29) is 29.1 Å². The van der Waals surface area contributed by atoms with Crippen LogP contribution < -0.4 is 9.64 Å². The van der Waals surface area contributed by atoms with E-state index in [0.29, 0.717) is 31.2 Å². The second-order valence-corrected chi connectivity index (χ2v) is 13.8. The van der Waals surface area contributed by atoms with Crippen LogP contribution >= 0.6 is 0 Å². The molecule has 0 bridgehead atoms. The number of nitrogens with zero attached hydrogens (tertiary/aromatic N) is 6. The van der Waals surface area contributed by atoms with Crippen molar-refractivity contribution < 1.29 is 17.9 Å². The first-order valence-corrected chi connectivity index (χ1v) is 16.1. The highest BCUT2D eigenvalue weighted by molar-refractivity contribution is 7.91. The van der Waals surface area contributed by atoms with Crippen LogP contribution in [0.3, 0.4) is 0 Å². The number of hydrogen-bond donors (Lipinski definition) is 0. The summed E-state index contributed by atoms with van der Waals surface area (Å²) in [4.78, 5) is 15.7. The average Bonchev–Trinajstić information content (AvgIpc) is 3.63. The van der Waals surface area contributed by atoms with Gasteiger partial charge in [0.05, 0.1) is 35.8 Å². The van der Waals surface area contributed by atoms with E-state index in [1.54, 1.807) is 23.9 Å². The Balaban J connectivity index is 1.35. The number of anilines is 1. The van der Waals surface area contributed by atoms with Gasteiger partial charge in [0.1, 0.15) is 5.78 Å². The second kappa shape index (κ2) is 10.9. The third-order valence-corrected chi connectivity index (χ3v) is 10.4. The zero-order valence-corrected chi connectivity index (χ0v) is 24.0. The summed E-state index contributed by atoms with van der Waals surface area (Å²) in [7, 11) is -1.42. The van der Waals surface area contributed by atoms with Gasteiger partial charge in [-0.15, -0.1) is 10.2 Å². The maximum atomic E-state index is 13.6. The van der Waals surface area contributed by atoms with Crippen molar-refractivity contribution in [3.63, 3.8) is 0 Å². The molecule has 3 aliphatic rings. The first-order chi connectivity index (χ1) is 19.8. The number of ether oxygens (including phenoxy) is 1. The first-order valence-electron chi connectivity index (χ1n) is 14.3. The fraction of sp³-hybridized carbons (Fsp3) is 0.500. The maximum Gasteiger partial charge on any atom is 0.233 e. The fourth-order valence-electron chi connectivity index (χ4n) is 6.15. The smallest absolute Gasteiger partial charge is 0.233 e. The number of carbonyl (C=O) groups is 1. The molecular formula is C30H34N6O4S. The molecule has 3 aromatic rings. The van der Waals surface area contributed by atoms with Crippen LogP contribution in [0.4, 0.5) is 5.69 Å². The lowest BCUT2D eigenvalue weighted by atomic mass is 9.72. The maximum absolute atomic E-state index is 13.6. The molecule has 2 aliphatic carbocycles. The van der Waals surface area contributed by atoms with Crippen molar-refractivity contribution in [2.24, 2.45) is 11.3 Å². The normalized spacial score (nSPS) is 23.0. The highest BCUT2D eigenvalue weighted by atomic mass is 32.2. The van der Waals surface area contributed by atoms with Gasteiger partial charge in [-0.3, -0.25) is 4.79 Å². The second-order valence-electron chi connectivity index (χ2n) is 11.5. The Kier molecular flexibility index (Phi) is 7.28. The molecule has 0 unspecified atom stereocenters. The molecule has 214 valence electrons. The van der Waals surface area contributed by atoms with E-state index >= 15 is 0 Å². The summed E-state index contributed by atoms with van der Waals surface area (Å²) < 4.78 is 30.7. The molecule has 11 heteroatoms. The van der Waals surface area contributed by atoms with Gasteiger partial charge >= 0.3 is 0 Å². The molecule has 2 aromatic heterocycles. The van der Waals surface area contributed by atoms with Crippen LogP contribution in [0.25, 0.3) is 16.9 Å². The van der Waals surface area contributed by atoms with Crippen LogP contribution in [-0.4, -0.2) is 65.9 Å². The molecular weight excluding hydrogens is 540 g/mol. The monoisotopic (exact) mass is 574 g/mol. The fourth-order valence-corrected chi connectivity index (χ4v) is 7.36. The van der Waals surface area contributed by atoms with Crippen molar-refractivity contribution in [1.29, 1.82) is 5.26 Å². The first kappa shape index (κ1) is 27.4. The summed E-state index contributed by atoms with van der Waals surface area (Å²) in [5, 5.41) is 23.0. The highest BCUT2D eigenvalue weighted by Gasteiger charge is 2.47. The number of methoxy groups -OCH3 is 1. The molecule has 0 spiro atoms. The number of Topliss-reactive ketones (excluding diaryl/α,β-unsaturated/α-hetero) is 1. The number of ketones is 1. The summed E-state index contributed by atoms with van der Waals surface area (Å²) in [6.07, 6.45) is 7.55. The van der Waals surface area contributed by atoms with Crippen molar-refractivity contribution in [1.82, 2.24) is 20.0 Å². The van der Waals surface area contributed by atoms with Crippen molar-refractivity contribution in [2.45, 2.75) is 50.9 Å². The van der Waals surface area contributed by atoms with E-state index < -0.39 is 15.3 Å². The van der Waals surface area contributed by atoms with Crippen LogP contribution in [0.1, 0.15) is 56.6 Å².